The van der Waals surface area contributed by atoms with Gasteiger partial charge in [0.2, 0.25) is 0 Å². The lowest BCUT2D eigenvalue weighted by molar-refractivity contribution is 0.101. The number of carbonyl (C=O) groups excluding carboxylic acids is 1. The molecule has 70 valence electrons. The number of Topliss-reactive ketones (excluding diaryl/α,β-unsaturated/α-hetero) is 1. The molecule has 0 radical (unpaired) electrons. The number of halogens is 1. The predicted octanol–water partition coefficient (Wildman–Crippen LogP) is 2.97. The van der Waals surface area contributed by atoms with Crippen LogP contribution in [0.4, 0.5) is 0 Å². The number of hydrogen-bond donors (Lipinski definition) is 0. The van der Waals surface area contributed by atoms with Crippen LogP contribution in [0.2, 0.25) is 0 Å². The van der Waals surface area contributed by atoms with Gasteiger partial charge in [0.25, 0.3) is 0 Å². The van der Waals surface area contributed by atoms with Crippen molar-refractivity contribution in [2.24, 2.45) is 0 Å². The number of ether oxygens (including phenoxy) is 1. The van der Waals surface area contributed by atoms with E-state index in [1.54, 1.807) is 20.1 Å². The second kappa shape index (κ2) is 3.92. The van der Waals surface area contributed by atoms with Crippen molar-refractivity contribution in [3.8, 4) is 5.75 Å². The third-order valence-electron chi connectivity index (χ3n) is 1.92. The van der Waals surface area contributed by atoms with Crippen molar-refractivity contribution >= 4 is 21.7 Å². The van der Waals surface area contributed by atoms with Gasteiger partial charge < -0.3 is 4.74 Å². The first kappa shape index (κ1) is 10.3. The number of methoxy groups -OCH3 is 1. The summed E-state index contributed by atoms with van der Waals surface area (Å²) in [5.41, 5.74) is 1.59. The predicted molar refractivity (Wildman–Crippen MR) is 55.4 cm³/mol. The first-order valence-electron chi connectivity index (χ1n) is 3.91. The molecule has 0 aromatic heterocycles. The highest BCUT2D eigenvalue weighted by Crippen LogP contribution is 2.26. The normalized spacial score (nSPS) is 9.85. The van der Waals surface area contributed by atoms with E-state index in [-0.39, 0.29) is 5.78 Å². The van der Waals surface area contributed by atoms with Gasteiger partial charge in [-0.3, -0.25) is 4.79 Å². The molecule has 0 heterocycles. The zero-order valence-electron chi connectivity index (χ0n) is 7.85. The second-order valence-electron chi connectivity index (χ2n) is 2.84. The average Bonchev–Trinajstić information content (AvgIpc) is 2.08. The fraction of sp³-hybridized carbons (Fsp3) is 0.300. The molecule has 0 bridgehead atoms. The summed E-state index contributed by atoms with van der Waals surface area (Å²) in [4.78, 5) is 11.2. The molecule has 1 rings (SSSR count). The number of hydrogen-bond acceptors (Lipinski definition) is 2. The lowest BCUT2D eigenvalue weighted by atomic mass is 10.1. The smallest absolute Gasteiger partial charge is 0.160 e. The van der Waals surface area contributed by atoms with Crippen molar-refractivity contribution in [1.29, 1.82) is 0 Å². The lowest BCUT2D eigenvalue weighted by Crippen LogP contribution is -1.98. The molecule has 0 aliphatic carbocycles. The van der Waals surface area contributed by atoms with Crippen LogP contribution in [0.5, 0.6) is 5.75 Å². The largest absolute Gasteiger partial charge is 0.496 e. The van der Waals surface area contributed by atoms with Gasteiger partial charge in [-0.05, 0) is 26.0 Å². The summed E-state index contributed by atoms with van der Waals surface area (Å²) in [7, 11) is 1.60. The van der Waals surface area contributed by atoms with Gasteiger partial charge in [0, 0.05) is 15.6 Å². The first-order chi connectivity index (χ1) is 6.06. The molecule has 0 amide bonds. The van der Waals surface area contributed by atoms with Crippen LogP contribution in [0.1, 0.15) is 22.8 Å². The Morgan fingerprint density at radius 3 is 2.54 bits per heavy atom. The molecule has 0 N–H and O–H groups in total. The van der Waals surface area contributed by atoms with Crippen LogP contribution in [0.25, 0.3) is 0 Å². The molecule has 0 saturated carbocycles. The van der Waals surface area contributed by atoms with E-state index in [9.17, 15) is 4.79 Å². The third kappa shape index (κ3) is 2.10. The fourth-order valence-corrected chi connectivity index (χ4v) is 1.67. The maximum atomic E-state index is 11.2. The topological polar surface area (TPSA) is 26.3 Å². The highest BCUT2D eigenvalue weighted by atomic mass is 79.9. The van der Waals surface area contributed by atoms with Crippen LogP contribution in [0.3, 0.4) is 0 Å². The quantitative estimate of drug-likeness (QED) is 0.746. The highest BCUT2D eigenvalue weighted by Gasteiger charge is 2.09. The van der Waals surface area contributed by atoms with Gasteiger partial charge in [-0.15, -0.1) is 0 Å². The highest BCUT2D eigenvalue weighted by molar-refractivity contribution is 9.10. The molecule has 13 heavy (non-hydrogen) atoms. The molecule has 2 nitrogen and oxygen atoms in total. The summed E-state index contributed by atoms with van der Waals surface area (Å²) in [6.07, 6.45) is 0. The Labute approximate surface area is 86.0 Å². The minimum atomic E-state index is 0.0529. The van der Waals surface area contributed by atoms with Crippen LogP contribution in [0.15, 0.2) is 16.6 Å². The number of ketones is 1. The van der Waals surface area contributed by atoms with Crippen LogP contribution < -0.4 is 4.74 Å². The summed E-state index contributed by atoms with van der Waals surface area (Å²) in [6, 6.07) is 3.65. The van der Waals surface area contributed by atoms with Gasteiger partial charge in [-0.1, -0.05) is 15.9 Å². The van der Waals surface area contributed by atoms with Crippen LogP contribution >= 0.6 is 15.9 Å². The summed E-state index contributed by atoms with van der Waals surface area (Å²) >= 11 is 3.32. The fourth-order valence-electron chi connectivity index (χ4n) is 1.23. The van der Waals surface area contributed by atoms with Gasteiger partial charge in [-0.2, -0.15) is 0 Å². The lowest BCUT2D eigenvalue weighted by Gasteiger charge is -2.08. The SMILES string of the molecule is COc1cc(Br)cc(C(C)=O)c1C. The summed E-state index contributed by atoms with van der Waals surface area (Å²) < 4.78 is 6.00. The Kier molecular flexibility index (Phi) is 3.09. The zero-order valence-corrected chi connectivity index (χ0v) is 9.44. The zero-order chi connectivity index (χ0) is 10.0. The molecule has 0 aliphatic heterocycles. The minimum Gasteiger partial charge on any atom is -0.496 e. The van der Waals surface area contributed by atoms with Crippen molar-refractivity contribution < 1.29 is 9.53 Å². The van der Waals surface area contributed by atoms with E-state index in [4.69, 9.17) is 4.74 Å². The van der Waals surface area contributed by atoms with Crippen molar-refractivity contribution in [3.05, 3.63) is 27.7 Å². The van der Waals surface area contributed by atoms with Gasteiger partial charge in [0.1, 0.15) is 5.75 Å². The number of carbonyl (C=O) groups is 1. The van der Waals surface area contributed by atoms with E-state index in [0.717, 1.165) is 15.8 Å². The Balaban J connectivity index is 3.35. The van der Waals surface area contributed by atoms with E-state index < -0.39 is 0 Å². The summed E-state index contributed by atoms with van der Waals surface area (Å²) in [6.45, 7) is 3.43. The molecular weight excluding hydrogens is 232 g/mol. The first-order valence-corrected chi connectivity index (χ1v) is 4.70. The molecular formula is C10H11BrO2. The Morgan fingerprint density at radius 1 is 1.46 bits per heavy atom. The summed E-state index contributed by atoms with van der Waals surface area (Å²) in [5, 5.41) is 0. The van der Waals surface area contributed by atoms with Crippen LogP contribution in [-0.4, -0.2) is 12.9 Å². The van der Waals surface area contributed by atoms with E-state index in [1.807, 2.05) is 13.0 Å². The Bertz CT molecular complexity index is 345. The van der Waals surface area contributed by atoms with Crippen LogP contribution in [-0.2, 0) is 0 Å². The summed E-state index contributed by atoms with van der Waals surface area (Å²) in [5.74, 6) is 0.789. The van der Waals surface area contributed by atoms with Crippen molar-refractivity contribution in [1.82, 2.24) is 0 Å². The molecule has 1 aromatic rings. The molecule has 0 spiro atoms. The van der Waals surface area contributed by atoms with Crippen molar-refractivity contribution in [2.45, 2.75) is 13.8 Å². The Morgan fingerprint density at radius 2 is 2.08 bits per heavy atom. The molecule has 0 atom stereocenters. The van der Waals surface area contributed by atoms with E-state index >= 15 is 0 Å². The third-order valence-corrected chi connectivity index (χ3v) is 2.38. The van der Waals surface area contributed by atoms with Gasteiger partial charge in [-0.25, -0.2) is 0 Å². The second-order valence-corrected chi connectivity index (χ2v) is 3.75. The molecule has 0 unspecified atom stereocenters. The maximum Gasteiger partial charge on any atom is 0.160 e. The van der Waals surface area contributed by atoms with E-state index in [0.29, 0.717) is 5.56 Å². The molecule has 3 heteroatoms. The van der Waals surface area contributed by atoms with Crippen molar-refractivity contribution in [3.63, 3.8) is 0 Å². The maximum absolute atomic E-state index is 11.2. The van der Waals surface area contributed by atoms with Gasteiger partial charge in [0.05, 0.1) is 7.11 Å². The number of rotatable bonds is 2. The van der Waals surface area contributed by atoms with Crippen molar-refractivity contribution in [2.75, 3.05) is 7.11 Å². The van der Waals surface area contributed by atoms with Crippen LogP contribution in [0, 0.1) is 6.92 Å². The molecule has 0 saturated heterocycles. The molecule has 1 aromatic carbocycles. The monoisotopic (exact) mass is 242 g/mol. The minimum absolute atomic E-state index is 0.0529. The average molecular weight is 243 g/mol. The molecule has 0 fully saturated rings. The van der Waals surface area contributed by atoms with E-state index in [2.05, 4.69) is 15.9 Å². The molecule has 0 aliphatic rings. The standard InChI is InChI=1S/C10H11BrO2/c1-6-9(7(2)12)4-8(11)5-10(6)13-3/h4-5H,1-3H3. The van der Waals surface area contributed by atoms with E-state index in [1.165, 1.54) is 0 Å². The Hall–Kier alpha value is -0.830. The van der Waals surface area contributed by atoms with Gasteiger partial charge in [0.15, 0.2) is 5.78 Å². The van der Waals surface area contributed by atoms with Gasteiger partial charge >= 0.3 is 0 Å². The number of benzene rings is 1.